The third-order valence-electron chi connectivity index (χ3n) is 4.21. The van der Waals surface area contributed by atoms with Crippen LogP contribution in [0.3, 0.4) is 0 Å². The van der Waals surface area contributed by atoms with Crippen LogP contribution >= 0.6 is 11.6 Å². The van der Waals surface area contributed by atoms with E-state index in [1.807, 2.05) is 29.2 Å². The van der Waals surface area contributed by atoms with Crippen LogP contribution in [0.1, 0.15) is 18.0 Å². The van der Waals surface area contributed by atoms with Crippen LogP contribution in [-0.2, 0) is 11.3 Å². The molecule has 132 valence electrons. The third-order valence-corrected chi connectivity index (χ3v) is 4.56. The second-order valence-corrected chi connectivity index (χ2v) is 6.20. The summed E-state index contributed by atoms with van der Waals surface area (Å²) in [6.45, 7) is 2.25. The first-order valence-corrected chi connectivity index (χ1v) is 8.35. The van der Waals surface area contributed by atoms with Crippen LogP contribution < -0.4 is 5.32 Å². The number of nitro groups is 1. The van der Waals surface area contributed by atoms with Crippen molar-refractivity contribution in [2.45, 2.75) is 19.0 Å². The average Bonchev–Trinajstić information content (AvgIpc) is 3.09. The molecule has 3 rings (SSSR count). The number of piperazine rings is 1. The molecular weight excluding hydrogens is 346 g/mol. The van der Waals surface area contributed by atoms with Crippen LogP contribution in [0.15, 0.2) is 36.7 Å². The van der Waals surface area contributed by atoms with Crippen molar-refractivity contribution in [3.63, 3.8) is 0 Å². The Morgan fingerprint density at radius 1 is 1.44 bits per heavy atom. The summed E-state index contributed by atoms with van der Waals surface area (Å²) in [5.74, 6) is -0.0235. The Bertz CT molecular complexity index is 779. The Kier molecular flexibility index (Phi) is 5.30. The molecule has 1 aromatic carbocycles. The largest absolute Gasteiger partial charge is 0.333 e. The number of nitrogens with zero attached hydrogens (tertiary/aromatic N) is 4. The van der Waals surface area contributed by atoms with Crippen LogP contribution in [0, 0.1) is 10.1 Å². The molecule has 2 heterocycles. The first kappa shape index (κ1) is 17.4. The molecule has 8 nitrogen and oxygen atoms in total. The average molecular weight is 364 g/mol. The molecule has 0 bridgehead atoms. The number of amides is 1. The van der Waals surface area contributed by atoms with Crippen molar-refractivity contribution in [1.29, 1.82) is 0 Å². The summed E-state index contributed by atoms with van der Waals surface area (Å²) < 4.78 is 1.42. The normalized spacial score (nSPS) is 17.5. The van der Waals surface area contributed by atoms with E-state index in [0.29, 0.717) is 24.7 Å². The zero-order valence-corrected chi connectivity index (χ0v) is 14.2. The number of carbonyl (C=O) groups excluding carboxylic acids is 1. The number of halogens is 1. The van der Waals surface area contributed by atoms with E-state index in [4.69, 9.17) is 11.6 Å². The van der Waals surface area contributed by atoms with Crippen molar-refractivity contribution in [1.82, 2.24) is 20.0 Å². The van der Waals surface area contributed by atoms with Gasteiger partial charge in [0.1, 0.15) is 12.4 Å². The van der Waals surface area contributed by atoms with Gasteiger partial charge in [-0.1, -0.05) is 29.8 Å². The van der Waals surface area contributed by atoms with Gasteiger partial charge in [0.05, 0.1) is 11.0 Å². The topological polar surface area (TPSA) is 93.3 Å². The number of nitrogens with one attached hydrogen (secondary N) is 1. The summed E-state index contributed by atoms with van der Waals surface area (Å²) in [7, 11) is 0. The fourth-order valence-electron chi connectivity index (χ4n) is 2.95. The van der Waals surface area contributed by atoms with E-state index in [2.05, 4.69) is 10.4 Å². The predicted octanol–water partition coefficient (Wildman–Crippen LogP) is 2.01. The van der Waals surface area contributed by atoms with E-state index in [9.17, 15) is 14.9 Å². The van der Waals surface area contributed by atoms with Gasteiger partial charge in [-0.2, -0.15) is 5.10 Å². The molecule has 1 N–H and O–H groups in total. The van der Waals surface area contributed by atoms with Crippen LogP contribution in [-0.4, -0.2) is 45.1 Å². The fraction of sp³-hybridized carbons (Fsp3) is 0.375. The smallest absolute Gasteiger partial charge is 0.306 e. The first-order chi connectivity index (χ1) is 12.1. The van der Waals surface area contributed by atoms with Crippen LogP contribution in [0.2, 0.25) is 5.02 Å². The van der Waals surface area contributed by atoms with Gasteiger partial charge < -0.3 is 10.2 Å². The Balaban J connectivity index is 1.68. The van der Waals surface area contributed by atoms with Gasteiger partial charge in [-0.3, -0.25) is 19.6 Å². The van der Waals surface area contributed by atoms with Crippen molar-refractivity contribution in [2.24, 2.45) is 0 Å². The molecule has 0 saturated carbocycles. The minimum atomic E-state index is -0.505. The fourth-order valence-corrected chi connectivity index (χ4v) is 3.21. The zero-order valence-electron chi connectivity index (χ0n) is 13.5. The molecule has 1 fully saturated rings. The highest BCUT2D eigenvalue weighted by molar-refractivity contribution is 6.31. The first-order valence-electron chi connectivity index (χ1n) is 7.97. The molecular formula is C16H18ClN5O3. The highest BCUT2D eigenvalue weighted by Crippen LogP contribution is 2.29. The summed E-state index contributed by atoms with van der Waals surface area (Å²) >= 11 is 6.29. The van der Waals surface area contributed by atoms with E-state index >= 15 is 0 Å². The Morgan fingerprint density at radius 3 is 2.96 bits per heavy atom. The SMILES string of the molecule is O=C(CCn1cc([N+](=O)[O-])cn1)N1CCNCC1c1ccccc1Cl. The molecule has 2 aromatic rings. The highest BCUT2D eigenvalue weighted by Gasteiger charge is 2.28. The van der Waals surface area contributed by atoms with E-state index in [1.165, 1.54) is 17.1 Å². The maximum absolute atomic E-state index is 12.7. The minimum Gasteiger partial charge on any atom is -0.333 e. The summed E-state index contributed by atoms with van der Waals surface area (Å²) in [5.41, 5.74) is 0.836. The number of hydrogen-bond acceptors (Lipinski definition) is 5. The van der Waals surface area contributed by atoms with Crippen LogP contribution in [0.5, 0.6) is 0 Å². The minimum absolute atomic E-state index is 0.0235. The highest BCUT2D eigenvalue weighted by atomic mass is 35.5. The molecule has 1 aliphatic heterocycles. The van der Waals surface area contributed by atoms with E-state index in [1.54, 1.807) is 0 Å². The van der Waals surface area contributed by atoms with Gasteiger partial charge in [-0.05, 0) is 11.6 Å². The Labute approximate surface area is 149 Å². The van der Waals surface area contributed by atoms with Crippen molar-refractivity contribution in [3.8, 4) is 0 Å². The lowest BCUT2D eigenvalue weighted by Crippen LogP contribution is -2.49. The lowest BCUT2D eigenvalue weighted by molar-refractivity contribution is -0.385. The summed E-state index contributed by atoms with van der Waals surface area (Å²) in [6.07, 6.45) is 2.73. The van der Waals surface area contributed by atoms with Gasteiger partial charge in [-0.15, -0.1) is 0 Å². The second kappa shape index (κ2) is 7.62. The molecule has 1 amide bonds. The van der Waals surface area contributed by atoms with E-state index in [0.717, 1.165) is 12.1 Å². The number of carbonyl (C=O) groups is 1. The predicted molar refractivity (Wildman–Crippen MR) is 92.3 cm³/mol. The van der Waals surface area contributed by atoms with E-state index < -0.39 is 4.92 Å². The quantitative estimate of drug-likeness (QED) is 0.647. The Morgan fingerprint density at radius 2 is 2.24 bits per heavy atom. The molecule has 1 saturated heterocycles. The van der Waals surface area contributed by atoms with Gasteiger partial charge in [-0.25, -0.2) is 0 Å². The second-order valence-electron chi connectivity index (χ2n) is 5.80. The monoisotopic (exact) mass is 363 g/mol. The van der Waals surface area contributed by atoms with Crippen molar-refractivity contribution >= 4 is 23.2 Å². The maximum Gasteiger partial charge on any atom is 0.306 e. The number of rotatable bonds is 5. The molecule has 0 radical (unpaired) electrons. The lowest BCUT2D eigenvalue weighted by atomic mass is 10.0. The van der Waals surface area contributed by atoms with Crippen LogP contribution in [0.4, 0.5) is 5.69 Å². The molecule has 0 aliphatic carbocycles. The van der Waals surface area contributed by atoms with Crippen LogP contribution in [0.25, 0.3) is 0 Å². The standard InChI is InChI=1S/C16H18ClN5O3/c17-14-4-2-1-3-13(14)15-10-18-6-8-21(15)16(23)5-7-20-11-12(9-19-20)22(24)25/h1-4,9,11,15,18H,5-8,10H2. The summed E-state index contributed by atoms with van der Waals surface area (Å²) in [5, 5.41) is 18.5. The number of aromatic nitrogens is 2. The molecule has 25 heavy (non-hydrogen) atoms. The maximum atomic E-state index is 12.7. The van der Waals surface area contributed by atoms with Gasteiger partial charge in [0.25, 0.3) is 0 Å². The van der Waals surface area contributed by atoms with Crippen molar-refractivity contribution < 1.29 is 9.72 Å². The van der Waals surface area contributed by atoms with Crippen molar-refractivity contribution in [2.75, 3.05) is 19.6 Å². The molecule has 9 heteroatoms. The molecule has 1 unspecified atom stereocenters. The Hall–Kier alpha value is -2.45. The molecule has 1 atom stereocenters. The lowest BCUT2D eigenvalue weighted by Gasteiger charge is -2.37. The zero-order chi connectivity index (χ0) is 17.8. The number of hydrogen-bond donors (Lipinski definition) is 1. The summed E-state index contributed by atoms with van der Waals surface area (Å²) in [6, 6.07) is 7.39. The van der Waals surface area contributed by atoms with Gasteiger partial charge in [0, 0.05) is 37.6 Å². The number of aryl methyl sites for hydroxylation is 1. The molecule has 1 aliphatic rings. The van der Waals surface area contributed by atoms with Gasteiger partial charge >= 0.3 is 5.69 Å². The summed E-state index contributed by atoms with van der Waals surface area (Å²) in [4.78, 5) is 24.7. The van der Waals surface area contributed by atoms with Crippen molar-refractivity contribution in [3.05, 3.63) is 57.4 Å². The van der Waals surface area contributed by atoms with Gasteiger partial charge in [0.2, 0.25) is 5.91 Å². The van der Waals surface area contributed by atoms with Gasteiger partial charge in [0.15, 0.2) is 0 Å². The number of benzene rings is 1. The third kappa shape index (κ3) is 3.97. The molecule has 1 aromatic heterocycles. The molecule has 0 spiro atoms. The van der Waals surface area contributed by atoms with E-state index in [-0.39, 0.29) is 24.1 Å².